The van der Waals surface area contributed by atoms with Crippen LogP contribution in [0.15, 0.2) is 35.7 Å². The minimum atomic E-state index is -0.339. The normalized spacial score (nSPS) is 15.4. The molecule has 1 aliphatic heterocycles. The summed E-state index contributed by atoms with van der Waals surface area (Å²) in [6, 6.07) is 7.74. The number of benzene rings is 1. The van der Waals surface area contributed by atoms with Gasteiger partial charge in [-0.05, 0) is 16.8 Å². The number of amides is 2. The molecule has 0 fully saturated rings. The van der Waals surface area contributed by atoms with Crippen LogP contribution in [0.2, 0.25) is 0 Å². The Kier molecular flexibility index (Phi) is 1.91. The summed E-state index contributed by atoms with van der Waals surface area (Å²) in [5, 5.41) is 5.33. The van der Waals surface area contributed by atoms with E-state index in [-0.39, 0.29) is 11.8 Å². The van der Waals surface area contributed by atoms with Gasteiger partial charge in [-0.25, -0.2) is 0 Å². The lowest BCUT2D eigenvalue weighted by Crippen LogP contribution is -2.21. The van der Waals surface area contributed by atoms with Gasteiger partial charge in [0, 0.05) is 16.3 Å². The lowest BCUT2D eigenvalue weighted by Gasteiger charge is -2.01. The molecule has 0 spiro atoms. The van der Waals surface area contributed by atoms with E-state index < -0.39 is 0 Å². The molecule has 1 aromatic carbocycles. The molecule has 78 valence electrons. The van der Waals surface area contributed by atoms with E-state index in [1.54, 1.807) is 11.3 Å². The predicted octanol–water partition coefficient (Wildman–Crippen LogP) is 1.94. The van der Waals surface area contributed by atoms with Crippen LogP contribution in [-0.2, 0) is 9.59 Å². The topological polar surface area (TPSA) is 46.2 Å². The molecule has 1 aliphatic rings. The molecule has 16 heavy (non-hydrogen) atoms. The van der Waals surface area contributed by atoms with Gasteiger partial charge in [0.2, 0.25) is 0 Å². The van der Waals surface area contributed by atoms with Gasteiger partial charge in [-0.2, -0.15) is 0 Å². The minimum absolute atomic E-state index is 0.314. The first-order valence-corrected chi connectivity index (χ1v) is 5.67. The maximum atomic E-state index is 11.6. The molecule has 0 bridgehead atoms. The van der Waals surface area contributed by atoms with E-state index in [9.17, 15) is 9.59 Å². The molecule has 1 aromatic heterocycles. The summed E-state index contributed by atoms with van der Waals surface area (Å²) in [5.41, 5.74) is 1.29. The summed E-state index contributed by atoms with van der Waals surface area (Å²) in [6.45, 7) is 0. The maximum Gasteiger partial charge on any atom is 0.258 e. The maximum absolute atomic E-state index is 11.6. The van der Waals surface area contributed by atoms with E-state index in [0.29, 0.717) is 5.57 Å². The van der Waals surface area contributed by atoms with Crippen molar-refractivity contribution in [3.8, 4) is 0 Å². The SMILES string of the molecule is O=C1C=C(c2cccc3ccsc23)C(=O)N1. The van der Waals surface area contributed by atoms with E-state index in [1.807, 2.05) is 29.6 Å². The second-order valence-corrected chi connectivity index (χ2v) is 4.44. The lowest BCUT2D eigenvalue weighted by atomic mass is 10.0. The van der Waals surface area contributed by atoms with Crippen LogP contribution in [-0.4, -0.2) is 11.8 Å². The third-order valence-electron chi connectivity index (χ3n) is 2.53. The summed E-state index contributed by atoms with van der Waals surface area (Å²) >= 11 is 1.57. The second-order valence-electron chi connectivity index (χ2n) is 3.52. The molecule has 0 saturated heterocycles. The fourth-order valence-corrected chi connectivity index (χ4v) is 2.74. The van der Waals surface area contributed by atoms with E-state index in [1.165, 1.54) is 6.08 Å². The number of carbonyl (C=O) groups is 2. The molecule has 2 heterocycles. The molecular weight excluding hydrogens is 222 g/mol. The van der Waals surface area contributed by atoms with Crippen molar-refractivity contribution < 1.29 is 9.59 Å². The van der Waals surface area contributed by atoms with E-state index in [2.05, 4.69) is 5.32 Å². The monoisotopic (exact) mass is 229 g/mol. The number of imide groups is 1. The highest BCUT2D eigenvalue weighted by Crippen LogP contribution is 2.30. The van der Waals surface area contributed by atoms with Gasteiger partial charge in [-0.15, -0.1) is 11.3 Å². The van der Waals surface area contributed by atoms with Crippen molar-refractivity contribution in [3.05, 3.63) is 41.3 Å². The first kappa shape index (κ1) is 9.30. The van der Waals surface area contributed by atoms with Gasteiger partial charge in [0.05, 0.1) is 5.57 Å². The fraction of sp³-hybridized carbons (Fsp3) is 0. The van der Waals surface area contributed by atoms with Crippen molar-refractivity contribution in [3.63, 3.8) is 0 Å². The van der Waals surface area contributed by atoms with Gasteiger partial charge < -0.3 is 0 Å². The highest BCUT2D eigenvalue weighted by atomic mass is 32.1. The summed E-state index contributed by atoms with van der Waals surface area (Å²) in [5.74, 6) is -0.653. The Labute approximate surface area is 95.4 Å². The summed E-state index contributed by atoms with van der Waals surface area (Å²) in [6.07, 6.45) is 1.36. The van der Waals surface area contributed by atoms with Crippen molar-refractivity contribution in [2.45, 2.75) is 0 Å². The van der Waals surface area contributed by atoms with Crippen LogP contribution in [0, 0.1) is 0 Å². The van der Waals surface area contributed by atoms with Crippen molar-refractivity contribution in [1.29, 1.82) is 0 Å². The van der Waals surface area contributed by atoms with Gasteiger partial charge in [0.15, 0.2) is 0 Å². The Morgan fingerprint density at radius 2 is 2.00 bits per heavy atom. The molecule has 0 unspecified atom stereocenters. The molecule has 0 saturated carbocycles. The van der Waals surface area contributed by atoms with Crippen molar-refractivity contribution in [2.75, 3.05) is 0 Å². The Morgan fingerprint density at radius 3 is 2.75 bits per heavy atom. The van der Waals surface area contributed by atoms with Crippen LogP contribution in [0.1, 0.15) is 5.56 Å². The molecule has 3 rings (SSSR count). The Bertz CT molecular complexity index is 639. The van der Waals surface area contributed by atoms with Crippen LogP contribution in [0.4, 0.5) is 0 Å². The first-order valence-electron chi connectivity index (χ1n) is 4.79. The number of hydrogen-bond donors (Lipinski definition) is 1. The average Bonchev–Trinajstić information content (AvgIpc) is 2.84. The molecule has 0 radical (unpaired) electrons. The summed E-state index contributed by atoms with van der Waals surface area (Å²) < 4.78 is 1.04. The quantitative estimate of drug-likeness (QED) is 0.759. The van der Waals surface area contributed by atoms with E-state index in [0.717, 1.165) is 15.6 Å². The zero-order valence-corrected chi connectivity index (χ0v) is 9.01. The van der Waals surface area contributed by atoms with Gasteiger partial charge in [-0.3, -0.25) is 14.9 Å². The zero-order valence-electron chi connectivity index (χ0n) is 8.19. The van der Waals surface area contributed by atoms with E-state index in [4.69, 9.17) is 0 Å². The van der Waals surface area contributed by atoms with Gasteiger partial charge in [0.1, 0.15) is 0 Å². The third kappa shape index (κ3) is 1.27. The Morgan fingerprint density at radius 1 is 1.12 bits per heavy atom. The molecule has 4 heteroatoms. The van der Waals surface area contributed by atoms with Crippen molar-refractivity contribution in [2.24, 2.45) is 0 Å². The highest BCUT2D eigenvalue weighted by Gasteiger charge is 2.23. The molecule has 0 atom stereocenters. The first-order chi connectivity index (χ1) is 7.75. The lowest BCUT2D eigenvalue weighted by molar-refractivity contribution is -0.123. The molecular formula is C12H7NO2S. The van der Waals surface area contributed by atoms with Crippen molar-refractivity contribution in [1.82, 2.24) is 5.32 Å². The molecule has 0 aliphatic carbocycles. The number of nitrogens with one attached hydrogen (secondary N) is 1. The van der Waals surface area contributed by atoms with Gasteiger partial charge >= 0.3 is 0 Å². The second kappa shape index (κ2) is 3.28. The van der Waals surface area contributed by atoms with Gasteiger partial charge in [-0.1, -0.05) is 18.2 Å². The number of carbonyl (C=O) groups excluding carboxylic acids is 2. The van der Waals surface area contributed by atoms with Crippen LogP contribution < -0.4 is 5.32 Å². The Hall–Kier alpha value is -1.94. The van der Waals surface area contributed by atoms with Crippen LogP contribution in [0.3, 0.4) is 0 Å². The average molecular weight is 229 g/mol. The zero-order chi connectivity index (χ0) is 11.1. The smallest absolute Gasteiger partial charge is 0.258 e. The Balaban J connectivity index is 2.27. The molecule has 1 N–H and O–H groups in total. The molecule has 2 aromatic rings. The fourth-order valence-electron chi connectivity index (χ4n) is 1.82. The van der Waals surface area contributed by atoms with Gasteiger partial charge in [0.25, 0.3) is 11.8 Å². The minimum Gasteiger partial charge on any atom is -0.289 e. The van der Waals surface area contributed by atoms with Crippen LogP contribution >= 0.6 is 11.3 Å². The van der Waals surface area contributed by atoms with Crippen LogP contribution in [0.25, 0.3) is 15.7 Å². The highest BCUT2D eigenvalue weighted by molar-refractivity contribution is 7.17. The molecule has 2 amide bonds. The number of fused-ring (bicyclic) bond motifs is 1. The van der Waals surface area contributed by atoms with Crippen molar-refractivity contribution >= 4 is 38.8 Å². The third-order valence-corrected chi connectivity index (χ3v) is 3.49. The standard InChI is InChI=1S/C12H7NO2S/c14-10-6-9(12(15)13-10)8-3-1-2-7-4-5-16-11(7)8/h1-6H,(H,13,14,15). The summed E-state index contributed by atoms with van der Waals surface area (Å²) in [4.78, 5) is 22.7. The summed E-state index contributed by atoms with van der Waals surface area (Å²) in [7, 11) is 0. The van der Waals surface area contributed by atoms with Crippen LogP contribution in [0.5, 0.6) is 0 Å². The predicted molar refractivity (Wildman–Crippen MR) is 63.0 cm³/mol. The van der Waals surface area contributed by atoms with E-state index >= 15 is 0 Å². The molecule has 3 nitrogen and oxygen atoms in total. The number of thiophene rings is 1. The largest absolute Gasteiger partial charge is 0.289 e. The number of rotatable bonds is 1. The number of hydrogen-bond acceptors (Lipinski definition) is 3.